The average Bonchev–Trinajstić information content (AvgIpc) is 3.12. The number of rotatable bonds is 3. The maximum Gasteiger partial charge on any atom is 0.513 e. The van der Waals surface area contributed by atoms with Crippen molar-refractivity contribution in [2.45, 2.75) is 0 Å². The minimum Gasteiger partial charge on any atom is -0.437 e. The summed E-state index contributed by atoms with van der Waals surface area (Å²) in [5.74, 6) is 0.834. The fourth-order valence-electron chi connectivity index (χ4n) is 2.66. The number of imidazole rings is 1. The Balaban J connectivity index is 1.63. The zero-order valence-corrected chi connectivity index (χ0v) is 18.7. The summed E-state index contributed by atoms with van der Waals surface area (Å²) in [5, 5.41) is 0.318. The number of nitrogens with zero attached hydrogens (tertiary/aromatic N) is 3. The molecule has 0 saturated carbocycles. The van der Waals surface area contributed by atoms with Gasteiger partial charge in [0.25, 0.3) is 0 Å². The molecule has 4 aromatic rings. The molecule has 0 aliphatic carbocycles. The van der Waals surface area contributed by atoms with Crippen molar-refractivity contribution in [2.24, 2.45) is 0 Å². The number of pyridine rings is 2. The first-order valence-corrected chi connectivity index (χ1v) is 10.1. The Morgan fingerprint density at radius 2 is 1.97 bits per heavy atom. The minimum absolute atomic E-state index is 0.189. The average molecular weight is 539 g/mol. The third-order valence-electron chi connectivity index (χ3n) is 3.97. The Morgan fingerprint density at radius 1 is 1.14 bits per heavy atom. The lowest BCUT2D eigenvalue weighted by Crippen LogP contribution is -2.07. The Kier molecular flexibility index (Phi) is 5.53. The van der Waals surface area contributed by atoms with Crippen molar-refractivity contribution in [3.63, 3.8) is 0 Å². The van der Waals surface area contributed by atoms with Gasteiger partial charge in [0, 0.05) is 26.8 Å². The van der Waals surface area contributed by atoms with Gasteiger partial charge in [0.2, 0.25) is 0 Å². The number of ether oxygens (including phenoxy) is 2. The number of hydrogen-bond acceptors (Lipinski definition) is 6. The highest BCUT2D eigenvalue weighted by Gasteiger charge is 2.13. The second kappa shape index (κ2) is 8.10. The molecule has 1 N–H and O–H groups in total. The van der Waals surface area contributed by atoms with E-state index < -0.39 is 6.16 Å². The van der Waals surface area contributed by atoms with E-state index in [-0.39, 0.29) is 5.75 Å². The van der Waals surface area contributed by atoms with E-state index in [0.717, 1.165) is 20.0 Å². The second-order valence-corrected chi connectivity index (χ2v) is 8.04. The molecule has 7 nitrogen and oxygen atoms in total. The zero-order chi connectivity index (χ0) is 20.5. The summed E-state index contributed by atoms with van der Waals surface area (Å²) in [6.07, 6.45) is 2.20. The molecule has 0 aliphatic heterocycles. The van der Waals surface area contributed by atoms with Gasteiger partial charge < -0.3 is 14.5 Å². The highest BCUT2D eigenvalue weighted by Crippen LogP contribution is 2.31. The molecular weight excluding hydrogens is 527 g/mol. The van der Waals surface area contributed by atoms with Gasteiger partial charge in [-0.3, -0.25) is 9.97 Å². The number of aromatic nitrogens is 4. The molecule has 10 heteroatoms. The minimum atomic E-state index is -0.842. The van der Waals surface area contributed by atoms with Crippen molar-refractivity contribution >= 4 is 60.6 Å². The van der Waals surface area contributed by atoms with Crippen LogP contribution in [0.15, 0.2) is 51.7 Å². The van der Waals surface area contributed by atoms with Crippen LogP contribution in [0, 0.1) is 0 Å². The van der Waals surface area contributed by atoms with Gasteiger partial charge in [-0.2, -0.15) is 0 Å². The fraction of sp³-hybridized carbons (Fsp3) is 0.0526. The summed E-state index contributed by atoms with van der Waals surface area (Å²) in [6.45, 7) is 0. The van der Waals surface area contributed by atoms with Crippen LogP contribution in [-0.4, -0.2) is 33.2 Å². The highest BCUT2D eigenvalue weighted by atomic mass is 79.9. The van der Waals surface area contributed by atoms with Crippen LogP contribution in [0.1, 0.15) is 0 Å². The van der Waals surface area contributed by atoms with Crippen LogP contribution < -0.4 is 4.74 Å². The number of benzene rings is 1. The van der Waals surface area contributed by atoms with Gasteiger partial charge in [0.05, 0.1) is 29.5 Å². The van der Waals surface area contributed by atoms with Crippen LogP contribution in [0.2, 0.25) is 5.02 Å². The Morgan fingerprint density at radius 3 is 2.66 bits per heavy atom. The maximum absolute atomic E-state index is 11.2. The van der Waals surface area contributed by atoms with Crippen molar-refractivity contribution in [1.29, 1.82) is 0 Å². The zero-order valence-electron chi connectivity index (χ0n) is 14.7. The molecule has 0 spiro atoms. The predicted octanol–water partition coefficient (Wildman–Crippen LogP) is 6.01. The van der Waals surface area contributed by atoms with E-state index in [4.69, 9.17) is 16.3 Å². The molecule has 1 aromatic carbocycles. The predicted molar refractivity (Wildman–Crippen MR) is 116 cm³/mol. The first kappa shape index (κ1) is 19.8. The summed E-state index contributed by atoms with van der Waals surface area (Å²) in [7, 11) is 1.22. The monoisotopic (exact) mass is 536 g/mol. The topological polar surface area (TPSA) is 90.0 Å². The molecular formula is C19H11Br2ClN4O3. The molecule has 0 amide bonds. The van der Waals surface area contributed by atoms with Gasteiger partial charge in [0.15, 0.2) is 11.6 Å². The molecule has 0 unspecified atom stereocenters. The summed E-state index contributed by atoms with van der Waals surface area (Å²) >= 11 is 13.3. The first-order valence-electron chi connectivity index (χ1n) is 8.17. The third-order valence-corrected chi connectivity index (χ3v) is 5.32. The molecule has 0 aliphatic rings. The van der Waals surface area contributed by atoms with Gasteiger partial charge in [-0.1, -0.05) is 27.5 Å². The normalized spacial score (nSPS) is 10.9. The van der Waals surface area contributed by atoms with Gasteiger partial charge in [-0.15, -0.1) is 0 Å². The Labute approximate surface area is 186 Å². The standard InChI is InChI=1S/C19H11Br2ClN4O3/c1-28-19(27)29-11-6-13(22)16(24-8-11)9-2-3-14(23-7-9)18-25-15-5-10(20)4-12(21)17(15)26-18/h2-8H,1H3,(H,25,26). The van der Waals surface area contributed by atoms with E-state index in [2.05, 4.69) is 56.5 Å². The van der Waals surface area contributed by atoms with Crippen molar-refractivity contribution in [2.75, 3.05) is 7.11 Å². The number of nitrogens with one attached hydrogen (secondary N) is 1. The van der Waals surface area contributed by atoms with Crippen LogP contribution in [0.25, 0.3) is 33.8 Å². The lowest BCUT2D eigenvalue weighted by Gasteiger charge is -2.07. The highest BCUT2D eigenvalue weighted by molar-refractivity contribution is 9.11. The van der Waals surface area contributed by atoms with E-state index in [9.17, 15) is 4.79 Å². The molecule has 0 atom stereocenters. The summed E-state index contributed by atoms with van der Waals surface area (Å²) in [5.41, 5.74) is 3.61. The number of hydrogen-bond donors (Lipinski definition) is 1. The first-order chi connectivity index (χ1) is 13.9. The van der Waals surface area contributed by atoms with Gasteiger partial charge in [0.1, 0.15) is 11.2 Å². The number of H-pyrrole nitrogens is 1. The van der Waals surface area contributed by atoms with Crippen LogP contribution in [0.4, 0.5) is 4.79 Å². The Bertz CT molecular complexity index is 1230. The molecule has 3 aromatic heterocycles. The number of carbonyl (C=O) groups excluding carboxylic acids is 1. The van der Waals surface area contributed by atoms with Crippen LogP contribution in [-0.2, 0) is 4.74 Å². The third kappa shape index (κ3) is 4.12. The number of halogens is 3. The van der Waals surface area contributed by atoms with E-state index in [0.29, 0.717) is 27.8 Å². The second-order valence-electron chi connectivity index (χ2n) is 5.86. The molecule has 0 radical (unpaired) electrons. The van der Waals surface area contributed by atoms with Gasteiger partial charge in [-0.05, 0) is 40.2 Å². The number of fused-ring (bicyclic) bond motifs is 1. The van der Waals surface area contributed by atoms with Gasteiger partial charge in [-0.25, -0.2) is 9.78 Å². The maximum atomic E-state index is 11.2. The lowest BCUT2D eigenvalue weighted by atomic mass is 10.1. The number of aromatic amines is 1. The largest absolute Gasteiger partial charge is 0.513 e. The fourth-order valence-corrected chi connectivity index (χ4v) is 4.24. The SMILES string of the molecule is COC(=O)Oc1cnc(-c2ccc(-c3nc4c(Br)cc(Br)cc4[nH]3)nc2)c(Cl)c1. The van der Waals surface area contributed by atoms with E-state index in [1.807, 2.05) is 24.3 Å². The Hall–Kier alpha value is -2.49. The number of methoxy groups -OCH3 is 1. The van der Waals surface area contributed by atoms with Crippen molar-refractivity contribution in [1.82, 2.24) is 19.9 Å². The molecule has 0 bridgehead atoms. The van der Waals surface area contributed by atoms with E-state index >= 15 is 0 Å². The summed E-state index contributed by atoms with van der Waals surface area (Å²) in [6, 6.07) is 9.04. The molecule has 0 fully saturated rings. The lowest BCUT2D eigenvalue weighted by molar-refractivity contribution is 0.121. The van der Waals surface area contributed by atoms with Gasteiger partial charge >= 0.3 is 6.16 Å². The van der Waals surface area contributed by atoms with E-state index in [1.54, 1.807) is 6.20 Å². The van der Waals surface area contributed by atoms with Crippen molar-refractivity contribution in [3.05, 3.63) is 56.7 Å². The van der Waals surface area contributed by atoms with Crippen LogP contribution >= 0.6 is 43.5 Å². The van der Waals surface area contributed by atoms with Crippen molar-refractivity contribution < 1.29 is 14.3 Å². The van der Waals surface area contributed by atoms with Crippen molar-refractivity contribution in [3.8, 4) is 28.5 Å². The molecule has 3 heterocycles. The van der Waals surface area contributed by atoms with E-state index in [1.165, 1.54) is 19.4 Å². The van der Waals surface area contributed by atoms with Crippen LogP contribution in [0.3, 0.4) is 0 Å². The summed E-state index contributed by atoms with van der Waals surface area (Å²) < 4.78 is 11.2. The smallest absolute Gasteiger partial charge is 0.437 e. The number of carbonyl (C=O) groups is 1. The molecule has 146 valence electrons. The quantitative estimate of drug-likeness (QED) is 0.321. The molecule has 4 rings (SSSR count). The molecule has 29 heavy (non-hydrogen) atoms. The summed E-state index contributed by atoms with van der Waals surface area (Å²) in [4.78, 5) is 27.8. The van der Waals surface area contributed by atoms with Crippen LogP contribution in [0.5, 0.6) is 5.75 Å². The molecule has 0 saturated heterocycles.